The summed E-state index contributed by atoms with van der Waals surface area (Å²) in [5, 5.41) is 7.96. The number of ether oxygens (including phenoxy) is 2. The molecule has 0 radical (unpaired) electrons. The number of benzene rings is 1. The van der Waals surface area contributed by atoms with Crippen molar-refractivity contribution in [1.82, 2.24) is 0 Å². The van der Waals surface area contributed by atoms with Crippen molar-refractivity contribution in [2.45, 2.75) is 6.42 Å². The van der Waals surface area contributed by atoms with Crippen molar-refractivity contribution in [2.75, 3.05) is 14.2 Å². The van der Waals surface area contributed by atoms with Crippen LogP contribution < -0.4 is 0 Å². The molecule has 0 N–H and O–H groups in total. The van der Waals surface area contributed by atoms with Gasteiger partial charge in [-0.25, -0.2) is 0 Å². The van der Waals surface area contributed by atoms with Gasteiger partial charge in [0.05, 0.1) is 20.6 Å². The number of methoxy groups -OCH3 is 2. The SMILES string of the molecule is COC1=NN=C(OC)c2ccccc2C1. The van der Waals surface area contributed by atoms with Gasteiger partial charge in [-0.2, -0.15) is 0 Å². The summed E-state index contributed by atoms with van der Waals surface area (Å²) >= 11 is 0. The maximum Gasteiger partial charge on any atom is 0.240 e. The number of nitrogens with zero attached hydrogens (tertiary/aromatic N) is 2. The molecule has 0 aliphatic carbocycles. The van der Waals surface area contributed by atoms with Crippen LogP contribution in [0.2, 0.25) is 0 Å². The number of hydrogen-bond acceptors (Lipinski definition) is 4. The molecular weight excluding hydrogens is 192 g/mol. The van der Waals surface area contributed by atoms with Crippen LogP contribution in [-0.4, -0.2) is 26.0 Å². The summed E-state index contributed by atoms with van der Waals surface area (Å²) in [5.74, 6) is 1.12. The molecule has 4 nitrogen and oxygen atoms in total. The largest absolute Gasteiger partial charge is 0.483 e. The van der Waals surface area contributed by atoms with Gasteiger partial charge in [-0.3, -0.25) is 0 Å². The third-order valence-electron chi connectivity index (χ3n) is 2.27. The van der Waals surface area contributed by atoms with Crippen molar-refractivity contribution in [3.8, 4) is 0 Å². The predicted molar refractivity (Wildman–Crippen MR) is 58.1 cm³/mol. The molecule has 1 aliphatic rings. The van der Waals surface area contributed by atoms with Crippen LogP contribution in [0.3, 0.4) is 0 Å². The monoisotopic (exact) mass is 204 g/mol. The maximum absolute atomic E-state index is 5.18. The Balaban J connectivity index is 2.49. The average molecular weight is 204 g/mol. The normalized spacial score (nSPS) is 14.5. The summed E-state index contributed by atoms with van der Waals surface area (Å²) in [5.41, 5.74) is 2.08. The topological polar surface area (TPSA) is 43.2 Å². The number of rotatable bonds is 0. The molecule has 0 spiro atoms. The van der Waals surface area contributed by atoms with E-state index in [1.54, 1.807) is 14.2 Å². The summed E-state index contributed by atoms with van der Waals surface area (Å²) in [6, 6.07) is 7.91. The van der Waals surface area contributed by atoms with Crippen molar-refractivity contribution < 1.29 is 9.47 Å². The Morgan fingerprint density at radius 3 is 2.60 bits per heavy atom. The zero-order valence-corrected chi connectivity index (χ0v) is 8.73. The van der Waals surface area contributed by atoms with Gasteiger partial charge in [0.25, 0.3) is 0 Å². The Kier molecular flexibility index (Phi) is 2.67. The van der Waals surface area contributed by atoms with E-state index in [0.717, 1.165) is 11.1 Å². The molecule has 0 saturated carbocycles. The third kappa shape index (κ3) is 1.83. The van der Waals surface area contributed by atoms with Gasteiger partial charge in [-0.05, 0) is 11.6 Å². The highest BCUT2D eigenvalue weighted by Gasteiger charge is 2.15. The molecule has 0 bridgehead atoms. The van der Waals surface area contributed by atoms with Gasteiger partial charge < -0.3 is 9.47 Å². The van der Waals surface area contributed by atoms with Crippen LogP contribution in [0.1, 0.15) is 11.1 Å². The zero-order chi connectivity index (χ0) is 10.7. The molecule has 4 heteroatoms. The fraction of sp³-hybridized carbons (Fsp3) is 0.273. The lowest BCUT2D eigenvalue weighted by Gasteiger charge is -2.06. The summed E-state index contributed by atoms with van der Waals surface area (Å²) < 4.78 is 10.3. The van der Waals surface area contributed by atoms with Crippen molar-refractivity contribution in [2.24, 2.45) is 10.2 Å². The van der Waals surface area contributed by atoms with Gasteiger partial charge in [0.2, 0.25) is 11.8 Å². The van der Waals surface area contributed by atoms with Crippen LogP contribution in [0.5, 0.6) is 0 Å². The first-order valence-electron chi connectivity index (χ1n) is 4.66. The maximum atomic E-state index is 5.18. The van der Waals surface area contributed by atoms with E-state index < -0.39 is 0 Å². The second kappa shape index (κ2) is 4.13. The summed E-state index contributed by atoms with van der Waals surface area (Å²) in [6.07, 6.45) is 0.642. The van der Waals surface area contributed by atoms with Crippen LogP contribution >= 0.6 is 0 Å². The number of fused-ring (bicyclic) bond motifs is 1. The van der Waals surface area contributed by atoms with Crippen molar-refractivity contribution >= 4 is 11.8 Å². The van der Waals surface area contributed by atoms with Crippen molar-refractivity contribution in [1.29, 1.82) is 0 Å². The fourth-order valence-corrected chi connectivity index (χ4v) is 1.50. The molecule has 2 rings (SSSR count). The smallest absolute Gasteiger partial charge is 0.240 e. The Hall–Kier alpha value is -1.84. The second-order valence-corrected chi connectivity index (χ2v) is 3.14. The van der Waals surface area contributed by atoms with Gasteiger partial charge in [-0.15, -0.1) is 10.2 Å². The summed E-state index contributed by atoms with van der Waals surface area (Å²) in [7, 11) is 3.18. The Morgan fingerprint density at radius 2 is 1.87 bits per heavy atom. The van der Waals surface area contributed by atoms with E-state index in [-0.39, 0.29) is 0 Å². The van der Waals surface area contributed by atoms with E-state index in [1.165, 1.54) is 0 Å². The molecule has 1 heterocycles. The molecule has 78 valence electrons. The van der Waals surface area contributed by atoms with Gasteiger partial charge >= 0.3 is 0 Å². The van der Waals surface area contributed by atoms with Crippen LogP contribution in [0.25, 0.3) is 0 Å². The predicted octanol–water partition coefficient (Wildman–Crippen LogP) is 1.60. The molecule has 0 saturated heterocycles. The van der Waals surface area contributed by atoms with Crippen LogP contribution in [0.15, 0.2) is 34.5 Å². The molecule has 0 amide bonds. The molecule has 0 aromatic heterocycles. The van der Waals surface area contributed by atoms with E-state index in [4.69, 9.17) is 9.47 Å². The highest BCUT2D eigenvalue weighted by atomic mass is 16.5. The highest BCUT2D eigenvalue weighted by molar-refractivity contribution is 5.98. The van der Waals surface area contributed by atoms with E-state index >= 15 is 0 Å². The van der Waals surface area contributed by atoms with E-state index in [2.05, 4.69) is 10.2 Å². The minimum absolute atomic E-state index is 0.526. The summed E-state index contributed by atoms with van der Waals surface area (Å²) in [6.45, 7) is 0. The molecule has 0 unspecified atom stereocenters. The lowest BCUT2D eigenvalue weighted by atomic mass is 10.0. The van der Waals surface area contributed by atoms with Gasteiger partial charge in [0, 0.05) is 5.56 Å². The molecule has 1 aromatic carbocycles. The standard InChI is InChI=1S/C11H12N2O2/c1-14-10-7-8-5-3-4-6-9(8)11(15-2)13-12-10/h3-6H,7H2,1-2H3. The Morgan fingerprint density at radius 1 is 1.07 bits per heavy atom. The van der Waals surface area contributed by atoms with Crippen molar-refractivity contribution in [3.63, 3.8) is 0 Å². The minimum atomic E-state index is 0.526. The summed E-state index contributed by atoms with van der Waals surface area (Å²) in [4.78, 5) is 0. The molecule has 0 fully saturated rings. The quantitative estimate of drug-likeness (QED) is 0.644. The first kappa shape index (κ1) is 9.71. The van der Waals surface area contributed by atoms with Gasteiger partial charge in [0.1, 0.15) is 0 Å². The average Bonchev–Trinajstić information content (AvgIpc) is 2.47. The van der Waals surface area contributed by atoms with Gasteiger partial charge in [0.15, 0.2) is 0 Å². The van der Waals surface area contributed by atoms with Crippen molar-refractivity contribution in [3.05, 3.63) is 35.4 Å². The molecule has 15 heavy (non-hydrogen) atoms. The second-order valence-electron chi connectivity index (χ2n) is 3.14. The lowest BCUT2D eigenvalue weighted by Crippen LogP contribution is -2.08. The first-order valence-corrected chi connectivity index (χ1v) is 4.66. The first-order chi connectivity index (χ1) is 7.35. The third-order valence-corrected chi connectivity index (χ3v) is 2.27. The van der Waals surface area contributed by atoms with E-state index in [9.17, 15) is 0 Å². The fourth-order valence-electron chi connectivity index (χ4n) is 1.50. The van der Waals surface area contributed by atoms with Crippen LogP contribution in [-0.2, 0) is 15.9 Å². The number of hydrogen-bond donors (Lipinski definition) is 0. The van der Waals surface area contributed by atoms with Gasteiger partial charge in [-0.1, -0.05) is 18.2 Å². The minimum Gasteiger partial charge on any atom is -0.483 e. The van der Waals surface area contributed by atoms with Crippen LogP contribution in [0, 0.1) is 0 Å². The lowest BCUT2D eigenvalue weighted by molar-refractivity contribution is 0.390. The molecule has 1 aliphatic heterocycles. The molecule has 0 atom stereocenters. The Bertz CT molecular complexity index is 424. The van der Waals surface area contributed by atoms with Crippen LogP contribution in [0.4, 0.5) is 0 Å². The zero-order valence-electron chi connectivity index (χ0n) is 8.73. The molecule has 1 aromatic rings. The highest BCUT2D eigenvalue weighted by Crippen LogP contribution is 2.15. The molecular formula is C11H12N2O2. The van der Waals surface area contributed by atoms with E-state index in [1.807, 2.05) is 24.3 Å². The van der Waals surface area contributed by atoms with E-state index in [0.29, 0.717) is 18.2 Å². The Labute approximate surface area is 88.2 Å².